The minimum Gasteiger partial charge on any atom is -0.326 e. The van der Waals surface area contributed by atoms with Gasteiger partial charge in [0.1, 0.15) is 0 Å². The predicted octanol–water partition coefficient (Wildman–Crippen LogP) is 4.04. The van der Waals surface area contributed by atoms with Gasteiger partial charge in [0.05, 0.1) is 6.04 Å². The Bertz CT molecular complexity index is 429. The lowest BCUT2D eigenvalue weighted by Crippen LogP contribution is -2.46. The monoisotopic (exact) mass is 274 g/mol. The van der Waals surface area contributed by atoms with Crippen LogP contribution in [0.5, 0.6) is 0 Å². The lowest BCUT2D eigenvalue weighted by Gasteiger charge is -2.40. The van der Waals surface area contributed by atoms with Gasteiger partial charge in [0, 0.05) is 18.1 Å². The van der Waals surface area contributed by atoms with Gasteiger partial charge in [-0.1, -0.05) is 38.1 Å². The molecule has 0 aliphatic carbocycles. The molecule has 1 saturated heterocycles. The minimum absolute atomic E-state index is 0.214. The normalized spacial score (nSPS) is 26.6. The Morgan fingerprint density at radius 1 is 1.25 bits per heavy atom. The maximum atomic E-state index is 6.54. The van der Waals surface area contributed by atoms with Crippen LogP contribution in [0.3, 0.4) is 0 Å². The molecule has 112 valence electrons. The summed E-state index contributed by atoms with van der Waals surface area (Å²) in [6.45, 7) is 9.09. The van der Waals surface area contributed by atoms with E-state index in [0.29, 0.717) is 18.1 Å². The van der Waals surface area contributed by atoms with Crippen LogP contribution >= 0.6 is 0 Å². The number of nitrogens with two attached hydrogens (primary N) is 1. The van der Waals surface area contributed by atoms with E-state index >= 15 is 0 Å². The third-order valence-electron chi connectivity index (χ3n) is 5.02. The zero-order valence-corrected chi connectivity index (χ0v) is 13.5. The van der Waals surface area contributed by atoms with Gasteiger partial charge in [0.25, 0.3) is 0 Å². The van der Waals surface area contributed by atoms with Crippen LogP contribution in [0.1, 0.15) is 63.6 Å². The van der Waals surface area contributed by atoms with Gasteiger partial charge in [0.15, 0.2) is 0 Å². The number of hydrogen-bond donors (Lipinski definition) is 1. The second-order valence-electron chi connectivity index (χ2n) is 6.31. The number of nitrogens with zero attached hydrogens (tertiary/aromatic N) is 1. The van der Waals surface area contributed by atoms with E-state index in [1.807, 2.05) is 0 Å². The third kappa shape index (κ3) is 2.91. The van der Waals surface area contributed by atoms with Crippen molar-refractivity contribution in [2.45, 2.75) is 77.5 Å². The Balaban J connectivity index is 2.40. The van der Waals surface area contributed by atoms with Gasteiger partial charge in [0.2, 0.25) is 0 Å². The number of likely N-dealkylation sites (tertiary alicyclic amines) is 1. The Hall–Kier alpha value is -0.860. The highest BCUT2D eigenvalue weighted by Crippen LogP contribution is 2.38. The summed E-state index contributed by atoms with van der Waals surface area (Å²) in [5, 5.41) is 0. The first kappa shape index (κ1) is 15.5. The molecule has 0 saturated carbocycles. The summed E-state index contributed by atoms with van der Waals surface area (Å²) in [6, 6.07) is 10.7. The molecule has 2 nitrogen and oxygen atoms in total. The molecule has 4 atom stereocenters. The van der Waals surface area contributed by atoms with Crippen LogP contribution in [0.4, 0.5) is 0 Å². The smallest absolute Gasteiger partial charge is 0.0507 e. The molecule has 1 heterocycles. The number of hydrogen-bond acceptors (Lipinski definition) is 2. The third-order valence-corrected chi connectivity index (χ3v) is 5.02. The lowest BCUT2D eigenvalue weighted by molar-refractivity contribution is 0.111. The van der Waals surface area contributed by atoms with Crippen LogP contribution in [0.25, 0.3) is 0 Å². The molecule has 1 aliphatic heterocycles. The zero-order chi connectivity index (χ0) is 14.7. The highest BCUT2D eigenvalue weighted by molar-refractivity contribution is 5.30. The highest BCUT2D eigenvalue weighted by atomic mass is 15.2. The van der Waals surface area contributed by atoms with Crippen molar-refractivity contribution in [1.82, 2.24) is 4.90 Å². The van der Waals surface area contributed by atoms with E-state index in [9.17, 15) is 0 Å². The molecule has 0 radical (unpaired) electrons. The summed E-state index contributed by atoms with van der Waals surface area (Å²) >= 11 is 0. The molecule has 20 heavy (non-hydrogen) atoms. The van der Waals surface area contributed by atoms with Crippen LogP contribution in [-0.2, 0) is 0 Å². The van der Waals surface area contributed by atoms with Crippen molar-refractivity contribution < 1.29 is 0 Å². The lowest BCUT2D eigenvalue weighted by atomic mass is 9.91. The molecular formula is C18H30N2. The summed E-state index contributed by atoms with van der Waals surface area (Å²) in [4.78, 5) is 2.70. The topological polar surface area (TPSA) is 29.3 Å². The molecule has 2 N–H and O–H groups in total. The van der Waals surface area contributed by atoms with Gasteiger partial charge < -0.3 is 5.73 Å². The van der Waals surface area contributed by atoms with Crippen molar-refractivity contribution in [3.05, 3.63) is 35.4 Å². The Morgan fingerprint density at radius 3 is 2.55 bits per heavy atom. The van der Waals surface area contributed by atoms with E-state index in [1.165, 1.54) is 30.4 Å². The van der Waals surface area contributed by atoms with Crippen LogP contribution in [0.15, 0.2) is 24.3 Å². The maximum Gasteiger partial charge on any atom is 0.0507 e. The number of benzene rings is 1. The van der Waals surface area contributed by atoms with Crippen molar-refractivity contribution in [1.29, 1.82) is 0 Å². The summed E-state index contributed by atoms with van der Waals surface area (Å²) < 4.78 is 0. The van der Waals surface area contributed by atoms with Gasteiger partial charge in [-0.05, 0) is 50.7 Å². The summed E-state index contributed by atoms with van der Waals surface area (Å²) in [5.41, 5.74) is 9.33. The van der Waals surface area contributed by atoms with Crippen molar-refractivity contribution in [3.63, 3.8) is 0 Å². The van der Waals surface area contributed by atoms with Crippen molar-refractivity contribution in [3.8, 4) is 0 Å². The van der Waals surface area contributed by atoms with E-state index in [-0.39, 0.29) is 6.04 Å². The quantitative estimate of drug-likeness (QED) is 0.878. The van der Waals surface area contributed by atoms with Gasteiger partial charge in [-0.15, -0.1) is 0 Å². The second kappa shape index (κ2) is 6.73. The highest BCUT2D eigenvalue weighted by Gasteiger charge is 2.38. The standard InChI is InChI=1S/C18H30N2/c1-5-15-12-11-14(4)20(15)18(17(19)6-2)16-10-8-7-9-13(16)3/h7-10,14-15,17-18H,5-6,11-12,19H2,1-4H3. The molecule has 0 spiro atoms. The fourth-order valence-corrected chi connectivity index (χ4v) is 3.76. The molecule has 4 unspecified atom stereocenters. The molecule has 0 bridgehead atoms. The SMILES string of the molecule is CCC(N)C(c1ccccc1C)N1C(C)CCC1CC. The van der Waals surface area contributed by atoms with Crippen LogP contribution in [0, 0.1) is 6.92 Å². The fourth-order valence-electron chi connectivity index (χ4n) is 3.76. The molecule has 0 amide bonds. The van der Waals surface area contributed by atoms with Gasteiger partial charge in [-0.3, -0.25) is 4.90 Å². The van der Waals surface area contributed by atoms with Gasteiger partial charge in [-0.2, -0.15) is 0 Å². The van der Waals surface area contributed by atoms with Crippen molar-refractivity contribution >= 4 is 0 Å². The van der Waals surface area contributed by atoms with Crippen molar-refractivity contribution in [2.75, 3.05) is 0 Å². The van der Waals surface area contributed by atoms with Crippen LogP contribution in [-0.4, -0.2) is 23.0 Å². The summed E-state index contributed by atoms with van der Waals surface area (Å²) in [5.74, 6) is 0. The molecule has 2 heteroatoms. The van der Waals surface area contributed by atoms with Gasteiger partial charge in [-0.25, -0.2) is 0 Å². The molecule has 1 fully saturated rings. The fraction of sp³-hybridized carbons (Fsp3) is 0.667. The Morgan fingerprint density at radius 2 is 1.95 bits per heavy atom. The van der Waals surface area contributed by atoms with E-state index in [1.54, 1.807) is 0 Å². The maximum absolute atomic E-state index is 6.54. The minimum atomic E-state index is 0.214. The summed E-state index contributed by atoms with van der Waals surface area (Å²) in [7, 11) is 0. The molecular weight excluding hydrogens is 244 g/mol. The number of aryl methyl sites for hydroxylation is 1. The summed E-state index contributed by atoms with van der Waals surface area (Å²) in [6.07, 6.45) is 4.87. The number of rotatable bonds is 5. The molecule has 2 rings (SSSR count). The largest absolute Gasteiger partial charge is 0.326 e. The molecule has 0 aromatic heterocycles. The average Bonchev–Trinajstić information content (AvgIpc) is 2.82. The van der Waals surface area contributed by atoms with Crippen molar-refractivity contribution in [2.24, 2.45) is 5.73 Å². The van der Waals surface area contributed by atoms with Crippen LogP contribution < -0.4 is 5.73 Å². The molecule has 1 aromatic rings. The van der Waals surface area contributed by atoms with Gasteiger partial charge >= 0.3 is 0 Å². The zero-order valence-electron chi connectivity index (χ0n) is 13.5. The predicted molar refractivity (Wildman–Crippen MR) is 86.8 cm³/mol. The van der Waals surface area contributed by atoms with E-state index in [4.69, 9.17) is 5.73 Å². The Labute approximate surface area is 124 Å². The first-order valence-electron chi connectivity index (χ1n) is 8.18. The first-order chi connectivity index (χ1) is 9.60. The first-order valence-corrected chi connectivity index (χ1v) is 8.18. The van der Waals surface area contributed by atoms with E-state index < -0.39 is 0 Å². The Kier molecular flexibility index (Phi) is 5.22. The average molecular weight is 274 g/mol. The van der Waals surface area contributed by atoms with E-state index in [0.717, 1.165) is 6.42 Å². The molecule has 1 aromatic carbocycles. The molecule has 1 aliphatic rings. The second-order valence-corrected chi connectivity index (χ2v) is 6.31. The van der Waals surface area contributed by atoms with Crippen LogP contribution in [0.2, 0.25) is 0 Å². The van der Waals surface area contributed by atoms with E-state index in [2.05, 4.69) is 56.9 Å².